The highest BCUT2D eigenvalue weighted by atomic mass is 16.7. The number of aromatic nitrogens is 1. The van der Waals surface area contributed by atoms with Crippen molar-refractivity contribution in [3.63, 3.8) is 0 Å². The first-order valence-electron chi connectivity index (χ1n) is 7.23. The van der Waals surface area contributed by atoms with Crippen molar-refractivity contribution < 1.29 is 9.31 Å². The Bertz CT molecular complexity index is 585. The zero-order chi connectivity index (χ0) is 14.8. The van der Waals surface area contributed by atoms with Crippen LogP contribution in [0.25, 0.3) is 0 Å². The van der Waals surface area contributed by atoms with Gasteiger partial charge in [0.2, 0.25) is 0 Å². The molecule has 0 unspecified atom stereocenters. The molecular formula is C15H22BNO3. The Labute approximate surface area is 120 Å². The predicted molar refractivity (Wildman–Crippen MR) is 79.4 cm³/mol. The van der Waals surface area contributed by atoms with Crippen LogP contribution in [0.3, 0.4) is 0 Å². The molecule has 0 aromatic carbocycles. The minimum Gasteiger partial charge on any atom is -0.399 e. The largest absolute Gasteiger partial charge is 0.500 e. The van der Waals surface area contributed by atoms with Crippen molar-refractivity contribution in [2.45, 2.75) is 64.1 Å². The molecule has 0 atom stereocenters. The Balaban J connectivity index is 1.99. The Morgan fingerprint density at radius 1 is 1.05 bits per heavy atom. The van der Waals surface area contributed by atoms with Crippen LogP contribution in [-0.4, -0.2) is 23.3 Å². The van der Waals surface area contributed by atoms with Crippen molar-refractivity contribution in [3.8, 4) is 0 Å². The van der Waals surface area contributed by atoms with Crippen LogP contribution in [0.5, 0.6) is 0 Å². The van der Waals surface area contributed by atoms with Gasteiger partial charge in [-0.2, -0.15) is 0 Å². The summed E-state index contributed by atoms with van der Waals surface area (Å²) in [6.07, 6.45) is 5.68. The summed E-state index contributed by atoms with van der Waals surface area (Å²) in [5.41, 5.74) is 0.668. The maximum absolute atomic E-state index is 12.7. The van der Waals surface area contributed by atoms with Gasteiger partial charge in [0.15, 0.2) is 5.43 Å². The molecule has 1 N–H and O–H groups in total. The molecule has 4 nitrogen and oxygen atoms in total. The average Bonchev–Trinajstić information content (AvgIpc) is 3.01. The van der Waals surface area contributed by atoms with Crippen LogP contribution in [0.4, 0.5) is 0 Å². The molecule has 0 spiro atoms. The van der Waals surface area contributed by atoms with Gasteiger partial charge < -0.3 is 14.3 Å². The quantitative estimate of drug-likeness (QED) is 0.836. The molecule has 5 heteroatoms. The smallest absolute Gasteiger partial charge is 0.399 e. The molecule has 1 aromatic heterocycles. The summed E-state index contributed by atoms with van der Waals surface area (Å²) in [7, 11) is -0.592. The van der Waals surface area contributed by atoms with Gasteiger partial charge in [-0.1, -0.05) is 6.92 Å². The lowest BCUT2D eigenvalue weighted by Gasteiger charge is -2.32. The van der Waals surface area contributed by atoms with Crippen molar-refractivity contribution in [1.29, 1.82) is 0 Å². The molecule has 0 bridgehead atoms. The molecule has 1 saturated heterocycles. The maximum Gasteiger partial charge on any atom is 0.500 e. The number of aromatic amines is 1. The first-order valence-corrected chi connectivity index (χ1v) is 7.23. The zero-order valence-corrected chi connectivity index (χ0v) is 12.9. The van der Waals surface area contributed by atoms with E-state index < -0.39 is 18.3 Å². The lowest BCUT2D eigenvalue weighted by Crippen LogP contribution is -2.46. The first-order chi connectivity index (χ1) is 9.16. The van der Waals surface area contributed by atoms with Crippen molar-refractivity contribution in [2.75, 3.05) is 0 Å². The molecule has 2 aliphatic rings. The molecule has 2 fully saturated rings. The summed E-state index contributed by atoms with van der Waals surface area (Å²) in [5, 5.41) is 0. The highest BCUT2D eigenvalue weighted by Crippen LogP contribution is 2.45. The highest BCUT2D eigenvalue weighted by molar-refractivity contribution is 6.62. The van der Waals surface area contributed by atoms with Crippen molar-refractivity contribution in [2.24, 2.45) is 0 Å². The second-order valence-electron chi connectivity index (χ2n) is 7.30. The van der Waals surface area contributed by atoms with E-state index in [9.17, 15) is 4.79 Å². The maximum atomic E-state index is 12.7. The number of hydrogen-bond donors (Lipinski definition) is 1. The minimum atomic E-state index is -0.592. The van der Waals surface area contributed by atoms with E-state index >= 15 is 0 Å². The van der Waals surface area contributed by atoms with Crippen LogP contribution < -0.4 is 10.9 Å². The van der Waals surface area contributed by atoms with Crippen molar-refractivity contribution in [1.82, 2.24) is 4.98 Å². The summed E-state index contributed by atoms with van der Waals surface area (Å²) >= 11 is 0. The van der Waals surface area contributed by atoms with Crippen LogP contribution >= 0.6 is 0 Å². The van der Waals surface area contributed by atoms with Crippen LogP contribution in [0.1, 0.15) is 53.0 Å². The molecule has 108 valence electrons. The van der Waals surface area contributed by atoms with Crippen molar-refractivity contribution in [3.05, 3.63) is 28.2 Å². The first kappa shape index (κ1) is 13.9. The van der Waals surface area contributed by atoms with E-state index in [-0.39, 0.29) is 10.8 Å². The molecular weight excluding hydrogens is 253 g/mol. The number of rotatable bonds is 2. The van der Waals surface area contributed by atoms with Crippen LogP contribution in [0, 0.1) is 0 Å². The number of nitrogens with one attached hydrogen (secondary N) is 1. The van der Waals surface area contributed by atoms with Gasteiger partial charge in [0, 0.05) is 23.4 Å². The van der Waals surface area contributed by atoms with Gasteiger partial charge in [0.05, 0.1) is 11.2 Å². The molecule has 1 aliphatic carbocycles. The Morgan fingerprint density at radius 3 is 2.10 bits per heavy atom. The molecule has 1 saturated carbocycles. The van der Waals surface area contributed by atoms with Gasteiger partial charge in [-0.25, -0.2) is 0 Å². The fourth-order valence-electron chi connectivity index (χ4n) is 2.55. The Kier molecular flexibility index (Phi) is 2.77. The third-order valence-electron chi connectivity index (χ3n) is 5.13. The lowest BCUT2D eigenvalue weighted by atomic mass is 9.78. The lowest BCUT2D eigenvalue weighted by molar-refractivity contribution is 0.00578. The topological polar surface area (TPSA) is 51.3 Å². The second kappa shape index (κ2) is 3.98. The summed E-state index contributed by atoms with van der Waals surface area (Å²) in [6, 6.07) is 0. The molecule has 2 heterocycles. The number of H-pyrrole nitrogens is 1. The summed E-state index contributed by atoms with van der Waals surface area (Å²) in [4.78, 5) is 15.8. The Morgan fingerprint density at radius 2 is 1.60 bits per heavy atom. The highest BCUT2D eigenvalue weighted by Gasteiger charge is 2.53. The van der Waals surface area contributed by atoms with Gasteiger partial charge in [-0.05, 0) is 46.0 Å². The van der Waals surface area contributed by atoms with Gasteiger partial charge in [-0.3, -0.25) is 4.79 Å². The van der Waals surface area contributed by atoms with Crippen LogP contribution in [0.2, 0.25) is 0 Å². The predicted octanol–water partition coefficient (Wildman–Crippen LogP) is 1.73. The molecule has 1 aromatic rings. The normalized spacial score (nSPS) is 25.8. The van der Waals surface area contributed by atoms with E-state index in [4.69, 9.17) is 9.31 Å². The van der Waals surface area contributed by atoms with Gasteiger partial charge in [0.25, 0.3) is 0 Å². The molecule has 0 radical (unpaired) electrons. The summed E-state index contributed by atoms with van der Waals surface area (Å²) < 4.78 is 12.0. The van der Waals surface area contributed by atoms with Gasteiger partial charge >= 0.3 is 7.12 Å². The number of hydrogen-bond acceptors (Lipinski definition) is 3. The zero-order valence-electron chi connectivity index (χ0n) is 12.9. The van der Waals surface area contributed by atoms with E-state index in [0.29, 0.717) is 5.46 Å². The van der Waals surface area contributed by atoms with Crippen LogP contribution in [0.15, 0.2) is 17.2 Å². The molecule has 20 heavy (non-hydrogen) atoms. The summed E-state index contributed by atoms with van der Waals surface area (Å²) in [6.45, 7) is 10.1. The van der Waals surface area contributed by atoms with E-state index in [1.54, 1.807) is 6.20 Å². The van der Waals surface area contributed by atoms with Crippen molar-refractivity contribution >= 4 is 12.6 Å². The monoisotopic (exact) mass is 275 g/mol. The standard InChI is InChI=1S/C15H22BNO3/c1-13(2)14(3,4)20-16(19-13)11-9-17-8-10(12(11)18)15(5)6-7-15/h8-9H,6-7H2,1-5H3,(H,17,18). The number of pyridine rings is 1. The fraction of sp³-hybridized carbons (Fsp3) is 0.667. The fourth-order valence-corrected chi connectivity index (χ4v) is 2.55. The van der Waals surface area contributed by atoms with Gasteiger partial charge in [0.1, 0.15) is 0 Å². The third kappa shape index (κ3) is 1.95. The molecule has 0 amide bonds. The third-order valence-corrected chi connectivity index (χ3v) is 5.13. The van der Waals surface area contributed by atoms with E-state index in [1.807, 2.05) is 33.9 Å². The average molecular weight is 275 g/mol. The van der Waals surface area contributed by atoms with E-state index in [2.05, 4.69) is 11.9 Å². The Hall–Kier alpha value is -1.07. The molecule has 3 rings (SSSR count). The second-order valence-corrected chi connectivity index (χ2v) is 7.30. The van der Waals surface area contributed by atoms with E-state index in [0.717, 1.165) is 18.4 Å². The molecule has 1 aliphatic heterocycles. The van der Waals surface area contributed by atoms with Crippen LogP contribution in [-0.2, 0) is 14.7 Å². The van der Waals surface area contributed by atoms with Gasteiger partial charge in [-0.15, -0.1) is 0 Å². The SMILES string of the molecule is CC1(c2c[nH]cc(B3OC(C)(C)C(C)(C)O3)c2=O)CC1. The summed E-state index contributed by atoms with van der Waals surface area (Å²) in [5.74, 6) is 0. The minimum absolute atomic E-state index is 0.0350. The van der Waals surface area contributed by atoms with E-state index in [1.165, 1.54) is 0 Å².